The third-order valence-corrected chi connectivity index (χ3v) is 10.1. The molecule has 0 heterocycles. The molecule has 4 aromatic rings. The average Bonchev–Trinajstić information content (AvgIpc) is 3.72. The van der Waals surface area contributed by atoms with Gasteiger partial charge in [0, 0.05) is 5.92 Å². The maximum Gasteiger partial charge on any atom is 0.0217 e. The largest absolute Gasteiger partial charge is 0.0732 e. The van der Waals surface area contributed by atoms with Crippen LogP contribution >= 0.6 is 0 Å². The molecule has 0 heteroatoms. The van der Waals surface area contributed by atoms with E-state index in [4.69, 9.17) is 0 Å². The average molecular weight is 619 g/mol. The van der Waals surface area contributed by atoms with E-state index in [0.717, 1.165) is 12.8 Å². The second kappa shape index (κ2) is 13.3. The van der Waals surface area contributed by atoms with Crippen LogP contribution in [0.1, 0.15) is 122 Å². The van der Waals surface area contributed by atoms with Crippen molar-refractivity contribution < 1.29 is 0 Å². The number of unbranched alkanes of at least 4 members (excludes halogenated alkanes) is 2. The van der Waals surface area contributed by atoms with Crippen LogP contribution in [0, 0.1) is 10.4 Å². The topological polar surface area (TPSA) is 0 Å². The minimum absolute atomic E-state index is 0.00329. The van der Waals surface area contributed by atoms with E-state index in [0.29, 0.717) is 0 Å². The summed E-state index contributed by atoms with van der Waals surface area (Å²) in [4.78, 5) is 0. The highest BCUT2D eigenvalue weighted by atomic mass is 14.3. The number of benzene rings is 4. The summed E-state index contributed by atoms with van der Waals surface area (Å²) in [6.45, 7) is 19.2. The molecular formula is C47H54. The summed E-state index contributed by atoms with van der Waals surface area (Å²) >= 11 is 0. The van der Waals surface area contributed by atoms with Crippen molar-refractivity contribution in [1.29, 1.82) is 0 Å². The van der Waals surface area contributed by atoms with Crippen molar-refractivity contribution in [2.24, 2.45) is 0 Å². The van der Waals surface area contributed by atoms with Crippen LogP contribution in [0.5, 0.6) is 0 Å². The Balaban J connectivity index is 1.94. The van der Waals surface area contributed by atoms with Crippen LogP contribution < -0.4 is 10.4 Å². The van der Waals surface area contributed by atoms with Crippen LogP contribution in [0.15, 0.2) is 97.1 Å². The molecule has 0 fully saturated rings. The van der Waals surface area contributed by atoms with Gasteiger partial charge in [0.05, 0.1) is 0 Å². The summed E-state index contributed by atoms with van der Waals surface area (Å²) in [5.74, 6) is 0.241. The van der Waals surface area contributed by atoms with Crippen LogP contribution in [-0.4, -0.2) is 0 Å². The Labute approximate surface area is 284 Å². The van der Waals surface area contributed by atoms with Gasteiger partial charge in [0.15, 0.2) is 0 Å². The van der Waals surface area contributed by atoms with Gasteiger partial charge in [-0.2, -0.15) is 0 Å². The van der Waals surface area contributed by atoms with Gasteiger partial charge in [-0.15, -0.1) is 0 Å². The minimum atomic E-state index is -0.0560. The van der Waals surface area contributed by atoms with Crippen molar-refractivity contribution in [2.75, 3.05) is 0 Å². The van der Waals surface area contributed by atoms with Gasteiger partial charge in [-0.05, 0) is 120 Å². The second-order valence-electron chi connectivity index (χ2n) is 15.8. The monoisotopic (exact) mass is 618 g/mol. The molecular weight excluding hydrogens is 565 g/mol. The zero-order valence-electron chi connectivity index (χ0n) is 30.1. The fourth-order valence-corrected chi connectivity index (χ4v) is 7.94. The predicted molar refractivity (Wildman–Crippen MR) is 205 cm³/mol. The van der Waals surface area contributed by atoms with Gasteiger partial charge in [-0.3, -0.25) is 0 Å². The van der Waals surface area contributed by atoms with Gasteiger partial charge in [-0.25, -0.2) is 0 Å². The molecule has 2 aliphatic carbocycles. The first-order chi connectivity index (χ1) is 22.5. The Hall–Kier alpha value is -3.90. The summed E-state index contributed by atoms with van der Waals surface area (Å²) < 4.78 is 0. The summed E-state index contributed by atoms with van der Waals surface area (Å²) in [6, 6.07) is 27.4. The van der Waals surface area contributed by atoms with E-state index < -0.39 is 0 Å². The quantitative estimate of drug-likeness (QED) is 0.154. The van der Waals surface area contributed by atoms with E-state index in [1.54, 1.807) is 10.8 Å². The number of hydrogen-bond acceptors (Lipinski definition) is 0. The van der Waals surface area contributed by atoms with Crippen LogP contribution in [0.4, 0.5) is 0 Å². The fourth-order valence-electron chi connectivity index (χ4n) is 7.94. The molecule has 0 N–H and O–H groups in total. The first kappa shape index (κ1) is 33.0. The fraction of sp³-hybridized carbons (Fsp3) is 0.362. The summed E-state index contributed by atoms with van der Waals surface area (Å²) in [5, 5.41) is 5.81. The molecule has 242 valence electrons. The van der Waals surface area contributed by atoms with Crippen molar-refractivity contribution >= 4 is 11.6 Å². The molecule has 47 heavy (non-hydrogen) atoms. The molecule has 0 aromatic heterocycles. The maximum absolute atomic E-state index is 2.58. The smallest absolute Gasteiger partial charge is 0.0217 e. The lowest BCUT2D eigenvalue weighted by Gasteiger charge is -2.30. The molecule has 0 radical (unpaired) electrons. The van der Waals surface area contributed by atoms with E-state index in [2.05, 4.69) is 159 Å². The standard InChI is InChI=1S/C47H54/c1-9-11-21-34(22-12-10-2)43-44-38-31-40(46(3,4)5)37(32-23-15-13-16-24-32)29-36(38)30-39(44)41(33-27-19-20-28-33)42(45(43)47(6,7)8)35-25-17-14-18-26-35/h13-20,23-31,33H,9-12,21-22H2,1-8H3. The minimum Gasteiger partial charge on any atom is -0.0732 e. The maximum atomic E-state index is 2.58. The lowest BCUT2D eigenvalue weighted by molar-refractivity contribution is 0.584. The first-order valence-corrected chi connectivity index (χ1v) is 18.1. The van der Waals surface area contributed by atoms with Gasteiger partial charge in [0.1, 0.15) is 0 Å². The van der Waals surface area contributed by atoms with Crippen molar-refractivity contribution in [1.82, 2.24) is 0 Å². The van der Waals surface area contributed by atoms with Crippen LogP contribution in [0.3, 0.4) is 0 Å². The Kier molecular flexibility index (Phi) is 9.35. The Morgan fingerprint density at radius 2 is 1.26 bits per heavy atom. The van der Waals surface area contributed by atoms with Crippen LogP contribution in [-0.2, 0) is 10.8 Å². The van der Waals surface area contributed by atoms with Crippen LogP contribution in [0.2, 0.25) is 0 Å². The van der Waals surface area contributed by atoms with Gasteiger partial charge in [0.2, 0.25) is 0 Å². The SMILES string of the molecule is CCCCC(CCCC)=c1c(C(C)(C)C)c(-c2ccccc2)c(C2C=CC=C2)c2c1=c1cc(C(C)(C)C)c(-c3ccccc3)cc1=C2. The lowest BCUT2D eigenvalue weighted by Crippen LogP contribution is -2.30. The Morgan fingerprint density at radius 1 is 0.681 bits per heavy atom. The summed E-state index contributed by atoms with van der Waals surface area (Å²) in [5.41, 5.74) is 12.9. The number of allylic oxidation sites excluding steroid dienone is 4. The van der Waals surface area contributed by atoms with E-state index >= 15 is 0 Å². The highest BCUT2D eigenvalue weighted by Gasteiger charge is 2.31. The zero-order valence-corrected chi connectivity index (χ0v) is 30.1. The van der Waals surface area contributed by atoms with Crippen LogP contribution in [0.25, 0.3) is 33.9 Å². The summed E-state index contributed by atoms with van der Waals surface area (Å²) in [7, 11) is 0. The number of fused-ring (bicyclic) bond motifs is 2. The zero-order chi connectivity index (χ0) is 33.3. The molecule has 0 amide bonds. The highest BCUT2D eigenvalue weighted by Crippen LogP contribution is 2.43. The number of hydrogen-bond donors (Lipinski definition) is 0. The van der Waals surface area contributed by atoms with Crippen molar-refractivity contribution in [3.05, 3.63) is 140 Å². The molecule has 6 rings (SSSR count). The molecule has 0 bridgehead atoms. The highest BCUT2D eigenvalue weighted by molar-refractivity contribution is 5.82. The Morgan fingerprint density at radius 3 is 1.79 bits per heavy atom. The first-order valence-electron chi connectivity index (χ1n) is 18.1. The van der Waals surface area contributed by atoms with E-state index in [-0.39, 0.29) is 16.7 Å². The molecule has 0 aliphatic heterocycles. The van der Waals surface area contributed by atoms with Gasteiger partial charge in [0.25, 0.3) is 0 Å². The summed E-state index contributed by atoms with van der Waals surface area (Å²) in [6.07, 6.45) is 19.0. The normalized spacial score (nSPS) is 14.0. The molecule has 0 atom stereocenters. The van der Waals surface area contributed by atoms with Gasteiger partial charge >= 0.3 is 0 Å². The lowest BCUT2D eigenvalue weighted by atomic mass is 9.73. The van der Waals surface area contributed by atoms with E-state index in [9.17, 15) is 0 Å². The van der Waals surface area contributed by atoms with Crippen molar-refractivity contribution in [2.45, 2.75) is 111 Å². The van der Waals surface area contributed by atoms with E-state index in [1.165, 1.54) is 85.8 Å². The third-order valence-electron chi connectivity index (χ3n) is 10.1. The second-order valence-corrected chi connectivity index (χ2v) is 15.8. The van der Waals surface area contributed by atoms with Gasteiger partial charge < -0.3 is 0 Å². The van der Waals surface area contributed by atoms with E-state index in [1.807, 2.05) is 0 Å². The third kappa shape index (κ3) is 6.37. The van der Waals surface area contributed by atoms with Crippen molar-refractivity contribution in [3.63, 3.8) is 0 Å². The van der Waals surface area contributed by atoms with Crippen molar-refractivity contribution in [3.8, 4) is 22.3 Å². The molecule has 0 saturated heterocycles. The molecule has 0 saturated carbocycles. The molecule has 4 aromatic carbocycles. The Bertz CT molecular complexity index is 2020. The van der Waals surface area contributed by atoms with Gasteiger partial charge in [-0.1, -0.05) is 159 Å². The predicted octanol–water partition coefficient (Wildman–Crippen LogP) is 11.8. The molecule has 0 unspecified atom stereocenters. The number of rotatable bonds is 9. The molecule has 0 nitrogen and oxygen atoms in total. The molecule has 2 aliphatic rings. The molecule has 0 spiro atoms.